The van der Waals surface area contributed by atoms with Gasteiger partial charge in [0.25, 0.3) is 0 Å². The second-order valence-corrected chi connectivity index (χ2v) is 5.30. The topological polar surface area (TPSA) is 65.5 Å². The summed E-state index contributed by atoms with van der Waals surface area (Å²) in [6.07, 6.45) is 0. The lowest BCUT2D eigenvalue weighted by Gasteiger charge is -2.11. The Bertz CT molecular complexity index is 641. The molecule has 0 saturated carbocycles. The van der Waals surface area contributed by atoms with E-state index in [9.17, 15) is 4.79 Å². The highest BCUT2D eigenvalue weighted by Gasteiger charge is 2.03. The van der Waals surface area contributed by atoms with Crippen LogP contribution in [0.1, 0.15) is 18.1 Å². The summed E-state index contributed by atoms with van der Waals surface area (Å²) in [5.74, 6) is 0.570. The highest BCUT2D eigenvalue weighted by atomic mass is 16.1. The monoisotopic (exact) mass is 324 g/mol. The number of rotatable bonds is 7. The first-order valence-electron chi connectivity index (χ1n) is 8.14. The number of benzene rings is 2. The van der Waals surface area contributed by atoms with Crippen LogP contribution in [0, 0.1) is 0 Å². The molecule has 0 fully saturated rings. The lowest BCUT2D eigenvalue weighted by atomic mass is 10.2. The van der Waals surface area contributed by atoms with E-state index in [-0.39, 0.29) is 12.5 Å². The second-order valence-electron chi connectivity index (χ2n) is 5.30. The molecule has 126 valence electrons. The number of aliphatic imine (C=N–C) groups is 1. The molecule has 2 aromatic carbocycles. The van der Waals surface area contributed by atoms with E-state index in [2.05, 4.69) is 20.9 Å². The summed E-state index contributed by atoms with van der Waals surface area (Å²) in [7, 11) is 0. The Kier molecular flexibility index (Phi) is 7.34. The fourth-order valence-electron chi connectivity index (χ4n) is 2.12. The third kappa shape index (κ3) is 6.52. The fraction of sp³-hybridized carbons (Fsp3) is 0.263. The van der Waals surface area contributed by atoms with E-state index in [4.69, 9.17) is 0 Å². The number of carbonyl (C=O) groups is 1. The molecular formula is C19H24N4O. The molecular weight excluding hydrogens is 300 g/mol. The Labute approximate surface area is 143 Å². The molecule has 0 saturated heterocycles. The van der Waals surface area contributed by atoms with Gasteiger partial charge in [0, 0.05) is 13.1 Å². The number of carbonyl (C=O) groups excluding carboxylic acids is 1. The maximum Gasteiger partial charge on any atom is 0.239 e. The smallest absolute Gasteiger partial charge is 0.239 e. The number of hydrogen-bond acceptors (Lipinski definition) is 2. The molecule has 1 amide bonds. The molecule has 0 heterocycles. The normalized spacial score (nSPS) is 11.0. The Hall–Kier alpha value is -2.82. The van der Waals surface area contributed by atoms with Crippen LogP contribution < -0.4 is 16.0 Å². The van der Waals surface area contributed by atoms with Crippen LogP contribution in [0.3, 0.4) is 0 Å². The summed E-state index contributed by atoms with van der Waals surface area (Å²) in [4.78, 5) is 16.4. The van der Waals surface area contributed by atoms with E-state index in [1.807, 2.05) is 67.6 Å². The minimum absolute atomic E-state index is 0.0656. The quantitative estimate of drug-likeness (QED) is 0.539. The Morgan fingerprint density at radius 1 is 0.875 bits per heavy atom. The number of guanidine groups is 1. The maximum atomic E-state index is 11.9. The van der Waals surface area contributed by atoms with Gasteiger partial charge in [-0.15, -0.1) is 0 Å². The average Bonchev–Trinajstić information content (AvgIpc) is 2.64. The molecule has 0 spiro atoms. The minimum atomic E-state index is -0.0656. The van der Waals surface area contributed by atoms with Crippen LogP contribution in [0.4, 0.5) is 0 Å². The predicted molar refractivity (Wildman–Crippen MR) is 97.5 cm³/mol. The van der Waals surface area contributed by atoms with Crippen molar-refractivity contribution in [2.45, 2.75) is 20.0 Å². The average molecular weight is 324 g/mol. The molecule has 5 heteroatoms. The van der Waals surface area contributed by atoms with Crippen molar-refractivity contribution >= 4 is 11.9 Å². The molecule has 0 aromatic heterocycles. The molecule has 3 N–H and O–H groups in total. The van der Waals surface area contributed by atoms with Crippen LogP contribution in [0.2, 0.25) is 0 Å². The van der Waals surface area contributed by atoms with E-state index in [1.54, 1.807) is 0 Å². The van der Waals surface area contributed by atoms with Gasteiger partial charge in [-0.2, -0.15) is 0 Å². The fourth-order valence-corrected chi connectivity index (χ4v) is 2.12. The summed E-state index contributed by atoms with van der Waals surface area (Å²) >= 11 is 0. The summed E-state index contributed by atoms with van der Waals surface area (Å²) in [6.45, 7) is 4.02. The van der Waals surface area contributed by atoms with Crippen molar-refractivity contribution in [1.29, 1.82) is 0 Å². The SMILES string of the molecule is CCNC(=NCc1ccccc1)NCC(=O)NCc1ccccc1. The lowest BCUT2D eigenvalue weighted by Crippen LogP contribution is -2.43. The zero-order valence-electron chi connectivity index (χ0n) is 14.0. The van der Waals surface area contributed by atoms with Crippen molar-refractivity contribution in [3.63, 3.8) is 0 Å². The predicted octanol–water partition coefficient (Wildman–Crippen LogP) is 2.06. The summed E-state index contributed by atoms with van der Waals surface area (Å²) < 4.78 is 0. The second kappa shape index (κ2) is 10.0. The van der Waals surface area contributed by atoms with Gasteiger partial charge < -0.3 is 16.0 Å². The van der Waals surface area contributed by atoms with Crippen molar-refractivity contribution in [3.8, 4) is 0 Å². The Balaban J connectivity index is 1.78. The van der Waals surface area contributed by atoms with Gasteiger partial charge in [-0.3, -0.25) is 4.79 Å². The van der Waals surface area contributed by atoms with Crippen LogP contribution in [-0.2, 0) is 17.9 Å². The third-order valence-corrected chi connectivity index (χ3v) is 3.36. The molecule has 5 nitrogen and oxygen atoms in total. The number of nitrogens with zero attached hydrogens (tertiary/aromatic N) is 1. The Morgan fingerprint density at radius 3 is 2.12 bits per heavy atom. The molecule has 2 aromatic rings. The first-order chi connectivity index (χ1) is 11.8. The summed E-state index contributed by atoms with van der Waals surface area (Å²) in [5, 5.41) is 9.08. The van der Waals surface area contributed by atoms with Gasteiger partial charge in [0.1, 0.15) is 0 Å². The number of amides is 1. The molecule has 0 atom stereocenters. The molecule has 0 bridgehead atoms. The van der Waals surface area contributed by atoms with Gasteiger partial charge in [0.15, 0.2) is 5.96 Å². The van der Waals surface area contributed by atoms with E-state index >= 15 is 0 Å². The van der Waals surface area contributed by atoms with Gasteiger partial charge >= 0.3 is 0 Å². The van der Waals surface area contributed by atoms with Crippen LogP contribution in [0.25, 0.3) is 0 Å². The summed E-state index contributed by atoms with van der Waals surface area (Å²) in [5.41, 5.74) is 2.21. The molecule has 0 unspecified atom stereocenters. The maximum absolute atomic E-state index is 11.9. The van der Waals surface area contributed by atoms with E-state index in [0.29, 0.717) is 19.0 Å². The first-order valence-corrected chi connectivity index (χ1v) is 8.14. The van der Waals surface area contributed by atoms with E-state index in [1.165, 1.54) is 0 Å². The van der Waals surface area contributed by atoms with Gasteiger partial charge in [-0.1, -0.05) is 60.7 Å². The lowest BCUT2D eigenvalue weighted by molar-refractivity contribution is -0.120. The molecule has 24 heavy (non-hydrogen) atoms. The number of hydrogen-bond donors (Lipinski definition) is 3. The molecule has 0 aliphatic heterocycles. The van der Waals surface area contributed by atoms with Crippen molar-refractivity contribution in [2.24, 2.45) is 4.99 Å². The third-order valence-electron chi connectivity index (χ3n) is 3.36. The first kappa shape index (κ1) is 17.5. The van der Waals surface area contributed by atoms with Crippen molar-refractivity contribution in [3.05, 3.63) is 71.8 Å². The molecule has 2 rings (SSSR count). The summed E-state index contributed by atoms with van der Waals surface area (Å²) in [6, 6.07) is 19.9. The zero-order valence-corrected chi connectivity index (χ0v) is 14.0. The van der Waals surface area contributed by atoms with E-state index in [0.717, 1.165) is 17.7 Å². The van der Waals surface area contributed by atoms with Gasteiger partial charge in [0.05, 0.1) is 13.1 Å². The minimum Gasteiger partial charge on any atom is -0.357 e. The Morgan fingerprint density at radius 2 is 1.50 bits per heavy atom. The molecule has 0 aliphatic rings. The van der Waals surface area contributed by atoms with Crippen LogP contribution in [-0.4, -0.2) is 25.0 Å². The van der Waals surface area contributed by atoms with Crippen LogP contribution in [0.5, 0.6) is 0 Å². The number of nitrogens with one attached hydrogen (secondary N) is 3. The molecule has 0 radical (unpaired) electrons. The highest BCUT2D eigenvalue weighted by molar-refractivity contribution is 5.86. The van der Waals surface area contributed by atoms with Crippen molar-refractivity contribution < 1.29 is 4.79 Å². The van der Waals surface area contributed by atoms with E-state index < -0.39 is 0 Å². The molecule has 0 aliphatic carbocycles. The van der Waals surface area contributed by atoms with Gasteiger partial charge in [-0.05, 0) is 18.1 Å². The standard InChI is InChI=1S/C19H24N4O/c1-2-20-19(22-14-17-11-7-4-8-12-17)23-15-18(24)21-13-16-9-5-3-6-10-16/h3-12H,2,13-15H2,1H3,(H,21,24)(H2,20,22,23). The van der Waals surface area contributed by atoms with Crippen molar-refractivity contribution in [1.82, 2.24) is 16.0 Å². The van der Waals surface area contributed by atoms with Crippen LogP contribution >= 0.6 is 0 Å². The van der Waals surface area contributed by atoms with Crippen LogP contribution in [0.15, 0.2) is 65.7 Å². The highest BCUT2D eigenvalue weighted by Crippen LogP contribution is 2.00. The zero-order chi connectivity index (χ0) is 17.0. The largest absolute Gasteiger partial charge is 0.357 e. The van der Waals surface area contributed by atoms with Gasteiger partial charge in [0.2, 0.25) is 5.91 Å². The van der Waals surface area contributed by atoms with Crippen molar-refractivity contribution in [2.75, 3.05) is 13.1 Å². The van der Waals surface area contributed by atoms with Gasteiger partial charge in [-0.25, -0.2) is 4.99 Å².